The summed E-state index contributed by atoms with van der Waals surface area (Å²) in [5.41, 5.74) is 5.73. The number of alkyl halides is 2. The second-order valence-electron chi connectivity index (χ2n) is 3.56. The van der Waals surface area contributed by atoms with Crippen molar-refractivity contribution in [1.29, 1.82) is 0 Å². The van der Waals surface area contributed by atoms with Gasteiger partial charge in [-0.2, -0.15) is 11.8 Å². The summed E-state index contributed by atoms with van der Waals surface area (Å²) in [6, 6.07) is -0.0328. The van der Waals surface area contributed by atoms with Gasteiger partial charge in [-0.3, -0.25) is 0 Å². The minimum Gasteiger partial charge on any atom is -0.327 e. The topological polar surface area (TPSA) is 26.0 Å². The molecule has 0 aromatic carbocycles. The van der Waals surface area contributed by atoms with Crippen LogP contribution in [0.4, 0.5) is 8.78 Å². The summed E-state index contributed by atoms with van der Waals surface area (Å²) < 4.78 is 25.2. The minimum atomic E-state index is -2.55. The second kappa shape index (κ2) is 3.92. The van der Waals surface area contributed by atoms with Crippen molar-refractivity contribution in [1.82, 2.24) is 0 Å². The second-order valence-corrected chi connectivity index (χ2v) is 4.71. The zero-order valence-corrected chi connectivity index (χ0v) is 8.04. The fourth-order valence-electron chi connectivity index (χ4n) is 1.52. The smallest absolute Gasteiger partial charge is 0.245 e. The van der Waals surface area contributed by atoms with Gasteiger partial charge in [-0.05, 0) is 25.0 Å². The molecule has 2 atom stereocenters. The number of hydrogen-bond acceptors (Lipinski definition) is 2. The first-order valence-electron chi connectivity index (χ1n) is 4.20. The van der Waals surface area contributed by atoms with Crippen LogP contribution in [0.25, 0.3) is 0 Å². The third kappa shape index (κ3) is 3.27. The molecule has 0 spiro atoms. The van der Waals surface area contributed by atoms with Gasteiger partial charge < -0.3 is 5.73 Å². The Labute approximate surface area is 76.1 Å². The molecule has 1 aliphatic rings. The predicted octanol–water partition coefficient (Wildman–Crippen LogP) is 2.11. The number of thioether (sulfide) groups is 1. The Morgan fingerprint density at radius 3 is 2.75 bits per heavy atom. The van der Waals surface area contributed by atoms with Gasteiger partial charge in [-0.1, -0.05) is 0 Å². The highest BCUT2D eigenvalue weighted by Gasteiger charge is 2.31. The van der Waals surface area contributed by atoms with Gasteiger partial charge in [0.25, 0.3) is 0 Å². The van der Waals surface area contributed by atoms with Crippen LogP contribution in [-0.2, 0) is 0 Å². The van der Waals surface area contributed by atoms with E-state index in [9.17, 15) is 8.78 Å². The molecule has 1 aliphatic heterocycles. The highest BCUT2D eigenvalue weighted by molar-refractivity contribution is 7.99. The van der Waals surface area contributed by atoms with Crippen LogP contribution < -0.4 is 5.73 Å². The Morgan fingerprint density at radius 2 is 2.25 bits per heavy atom. The standard InChI is InChI=1S/C8H15F2NS/c1-8(9,10)4-6-2-3-12-5-7(6)11/h6-7H,2-5,11H2,1H3. The molecule has 1 fully saturated rings. The highest BCUT2D eigenvalue weighted by Crippen LogP contribution is 2.31. The van der Waals surface area contributed by atoms with Crippen molar-refractivity contribution in [3.63, 3.8) is 0 Å². The molecule has 2 N–H and O–H groups in total. The average molecular weight is 195 g/mol. The molecule has 0 bridgehead atoms. The predicted molar refractivity (Wildman–Crippen MR) is 48.6 cm³/mol. The van der Waals surface area contributed by atoms with Crippen LogP contribution >= 0.6 is 11.8 Å². The quantitative estimate of drug-likeness (QED) is 0.730. The molecule has 72 valence electrons. The molecule has 0 radical (unpaired) electrons. The molecule has 1 heterocycles. The first-order chi connectivity index (χ1) is 5.49. The van der Waals surface area contributed by atoms with E-state index in [1.807, 2.05) is 0 Å². The first kappa shape index (κ1) is 10.3. The SMILES string of the molecule is CC(F)(F)CC1CCSCC1N. The largest absolute Gasteiger partial charge is 0.327 e. The lowest BCUT2D eigenvalue weighted by Crippen LogP contribution is -2.38. The van der Waals surface area contributed by atoms with Crippen molar-refractivity contribution in [2.75, 3.05) is 11.5 Å². The summed E-state index contributed by atoms with van der Waals surface area (Å²) in [6.07, 6.45) is 0.796. The van der Waals surface area contributed by atoms with E-state index in [2.05, 4.69) is 0 Å². The Balaban J connectivity index is 2.39. The third-order valence-electron chi connectivity index (χ3n) is 2.17. The minimum absolute atomic E-state index is 0.0197. The van der Waals surface area contributed by atoms with Crippen molar-refractivity contribution in [2.24, 2.45) is 11.7 Å². The number of nitrogens with two attached hydrogens (primary N) is 1. The van der Waals surface area contributed by atoms with Gasteiger partial charge in [0.15, 0.2) is 0 Å². The van der Waals surface area contributed by atoms with E-state index in [-0.39, 0.29) is 18.4 Å². The normalized spacial score (nSPS) is 32.0. The van der Waals surface area contributed by atoms with Crippen molar-refractivity contribution >= 4 is 11.8 Å². The summed E-state index contributed by atoms with van der Waals surface area (Å²) in [7, 11) is 0. The van der Waals surface area contributed by atoms with E-state index in [4.69, 9.17) is 5.73 Å². The fourth-order valence-corrected chi connectivity index (χ4v) is 2.70. The Kier molecular flexibility index (Phi) is 3.35. The molecule has 1 rings (SSSR count). The zero-order valence-electron chi connectivity index (χ0n) is 7.22. The van der Waals surface area contributed by atoms with Gasteiger partial charge in [-0.15, -0.1) is 0 Å². The van der Waals surface area contributed by atoms with Crippen LogP contribution in [0.5, 0.6) is 0 Å². The van der Waals surface area contributed by atoms with Crippen LogP contribution in [0, 0.1) is 5.92 Å². The molecule has 1 nitrogen and oxygen atoms in total. The van der Waals surface area contributed by atoms with Crippen LogP contribution in [0.15, 0.2) is 0 Å². The molecule has 12 heavy (non-hydrogen) atoms. The van der Waals surface area contributed by atoms with Gasteiger partial charge in [0.05, 0.1) is 0 Å². The van der Waals surface area contributed by atoms with Crippen LogP contribution in [0.1, 0.15) is 19.8 Å². The maximum absolute atomic E-state index is 12.6. The van der Waals surface area contributed by atoms with Crippen LogP contribution in [-0.4, -0.2) is 23.5 Å². The number of hydrogen-bond donors (Lipinski definition) is 1. The van der Waals surface area contributed by atoms with E-state index < -0.39 is 5.92 Å². The van der Waals surface area contributed by atoms with E-state index in [1.54, 1.807) is 11.8 Å². The van der Waals surface area contributed by atoms with Crippen LogP contribution in [0.2, 0.25) is 0 Å². The summed E-state index contributed by atoms with van der Waals surface area (Å²) in [4.78, 5) is 0. The lowest BCUT2D eigenvalue weighted by Gasteiger charge is -2.29. The lowest BCUT2D eigenvalue weighted by atomic mass is 9.92. The lowest BCUT2D eigenvalue weighted by molar-refractivity contribution is -0.00694. The van der Waals surface area contributed by atoms with Gasteiger partial charge in [0.1, 0.15) is 0 Å². The molecule has 4 heteroatoms. The monoisotopic (exact) mass is 195 g/mol. The maximum Gasteiger partial charge on any atom is 0.245 e. The Bertz CT molecular complexity index is 146. The number of rotatable bonds is 2. The average Bonchev–Trinajstić information content (AvgIpc) is 1.91. The molecule has 1 saturated heterocycles. The van der Waals surface area contributed by atoms with Crippen molar-refractivity contribution in [3.8, 4) is 0 Å². The van der Waals surface area contributed by atoms with Gasteiger partial charge in [0.2, 0.25) is 5.92 Å². The van der Waals surface area contributed by atoms with Gasteiger partial charge >= 0.3 is 0 Å². The van der Waals surface area contributed by atoms with Crippen molar-refractivity contribution in [2.45, 2.75) is 31.7 Å². The molecule has 0 aliphatic carbocycles. The van der Waals surface area contributed by atoms with E-state index >= 15 is 0 Å². The maximum atomic E-state index is 12.6. The summed E-state index contributed by atoms with van der Waals surface area (Å²) in [5.74, 6) is -0.717. The first-order valence-corrected chi connectivity index (χ1v) is 5.35. The molecule has 0 amide bonds. The summed E-state index contributed by atoms with van der Waals surface area (Å²) in [6.45, 7) is 0.974. The van der Waals surface area contributed by atoms with Gasteiger partial charge in [0, 0.05) is 18.2 Å². The van der Waals surface area contributed by atoms with Crippen LogP contribution in [0.3, 0.4) is 0 Å². The van der Waals surface area contributed by atoms with E-state index in [0.29, 0.717) is 0 Å². The van der Waals surface area contributed by atoms with Crippen molar-refractivity contribution < 1.29 is 8.78 Å². The Morgan fingerprint density at radius 1 is 1.58 bits per heavy atom. The van der Waals surface area contributed by atoms with E-state index in [1.165, 1.54) is 0 Å². The molecule has 2 unspecified atom stereocenters. The summed E-state index contributed by atoms with van der Waals surface area (Å²) >= 11 is 1.76. The molecular formula is C8H15F2NS. The zero-order chi connectivity index (χ0) is 9.19. The number of halogens is 2. The highest BCUT2D eigenvalue weighted by atomic mass is 32.2. The van der Waals surface area contributed by atoms with Gasteiger partial charge in [-0.25, -0.2) is 8.78 Å². The third-order valence-corrected chi connectivity index (χ3v) is 3.31. The Hall–Kier alpha value is 0.170. The molecule has 0 aromatic rings. The summed E-state index contributed by atoms with van der Waals surface area (Å²) in [5, 5.41) is 0. The molecule has 0 saturated carbocycles. The molecular weight excluding hydrogens is 180 g/mol. The fraction of sp³-hybridized carbons (Fsp3) is 1.00. The van der Waals surface area contributed by atoms with E-state index in [0.717, 1.165) is 24.9 Å². The molecule has 0 aromatic heterocycles. The van der Waals surface area contributed by atoms with Crippen molar-refractivity contribution in [3.05, 3.63) is 0 Å².